The average Bonchev–Trinajstić information content (AvgIpc) is 2.56. The number of rotatable bonds is 6. The second-order valence-electron chi connectivity index (χ2n) is 6.61. The van der Waals surface area contributed by atoms with Crippen molar-refractivity contribution in [3.05, 3.63) is 35.4 Å². The first kappa shape index (κ1) is 24.1. The van der Waals surface area contributed by atoms with E-state index in [-0.39, 0.29) is 42.7 Å². The second-order valence-corrected chi connectivity index (χ2v) is 6.61. The minimum atomic E-state index is -0.445. The number of nitrogens with zero attached hydrogens (tertiary/aromatic N) is 1. The predicted octanol–water partition coefficient (Wildman–Crippen LogP) is 2.31. The molecule has 25 heavy (non-hydrogen) atoms. The molecule has 144 valence electrons. The van der Waals surface area contributed by atoms with Crippen molar-refractivity contribution < 1.29 is 9.53 Å². The molecule has 1 aliphatic heterocycles. The number of hydrogen-bond donors (Lipinski definition) is 2. The summed E-state index contributed by atoms with van der Waals surface area (Å²) >= 11 is 0. The number of amides is 1. The van der Waals surface area contributed by atoms with Gasteiger partial charge in [-0.25, -0.2) is 0 Å². The first-order chi connectivity index (χ1) is 11.0. The van der Waals surface area contributed by atoms with Gasteiger partial charge in [0.1, 0.15) is 0 Å². The lowest BCUT2D eigenvalue weighted by atomic mass is 9.92. The largest absolute Gasteiger partial charge is 0.381 e. The molecule has 1 amide bonds. The van der Waals surface area contributed by atoms with Crippen molar-refractivity contribution >= 4 is 30.7 Å². The third kappa shape index (κ3) is 7.12. The fourth-order valence-corrected chi connectivity index (χ4v) is 2.99. The van der Waals surface area contributed by atoms with E-state index in [0.717, 1.165) is 12.8 Å². The van der Waals surface area contributed by atoms with Crippen LogP contribution in [0.1, 0.15) is 30.0 Å². The summed E-state index contributed by atoms with van der Waals surface area (Å²) < 4.78 is 5.33. The summed E-state index contributed by atoms with van der Waals surface area (Å²) in [5.41, 5.74) is 8.56. The molecule has 2 unspecified atom stereocenters. The lowest BCUT2D eigenvalue weighted by Crippen LogP contribution is -2.48. The first-order valence-corrected chi connectivity index (χ1v) is 8.33. The molecule has 3 N–H and O–H groups in total. The SMILES string of the molecule is Cc1ccc(C(CNC(=O)C(N)C2CCOCC2)N(C)C)cc1.Cl.Cl. The zero-order valence-corrected chi connectivity index (χ0v) is 16.9. The maximum atomic E-state index is 12.4. The zero-order chi connectivity index (χ0) is 16.8. The molecular weight excluding hydrogens is 361 g/mol. The van der Waals surface area contributed by atoms with Crippen molar-refractivity contribution in [3.8, 4) is 0 Å². The van der Waals surface area contributed by atoms with E-state index in [1.807, 2.05) is 14.1 Å². The highest BCUT2D eigenvalue weighted by Crippen LogP contribution is 2.20. The highest BCUT2D eigenvalue weighted by Gasteiger charge is 2.27. The number of halogens is 2. The molecule has 5 nitrogen and oxygen atoms in total. The average molecular weight is 392 g/mol. The van der Waals surface area contributed by atoms with E-state index >= 15 is 0 Å². The van der Waals surface area contributed by atoms with E-state index in [1.165, 1.54) is 11.1 Å². The van der Waals surface area contributed by atoms with Gasteiger partial charge in [-0.2, -0.15) is 0 Å². The quantitative estimate of drug-likeness (QED) is 0.780. The molecule has 0 radical (unpaired) electrons. The topological polar surface area (TPSA) is 67.6 Å². The standard InChI is InChI=1S/C18H29N3O2.2ClH/c1-13-4-6-14(7-5-13)16(21(2)3)12-20-18(22)17(19)15-8-10-23-11-9-15;;/h4-7,15-17H,8-12,19H2,1-3H3,(H,20,22);2*1H. The summed E-state index contributed by atoms with van der Waals surface area (Å²) in [5.74, 6) is 0.164. The fourth-order valence-electron chi connectivity index (χ4n) is 2.99. The van der Waals surface area contributed by atoms with Gasteiger partial charge in [0.25, 0.3) is 0 Å². The summed E-state index contributed by atoms with van der Waals surface area (Å²) in [4.78, 5) is 14.5. The maximum absolute atomic E-state index is 12.4. The highest BCUT2D eigenvalue weighted by molar-refractivity contribution is 5.85. The third-order valence-corrected chi connectivity index (χ3v) is 4.63. The lowest BCUT2D eigenvalue weighted by Gasteiger charge is -2.29. The van der Waals surface area contributed by atoms with E-state index in [2.05, 4.69) is 41.4 Å². The molecule has 1 saturated heterocycles. The summed E-state index contributed by atoms with van der Waals surface area (Å²) in [6.45, 7) is 4.04. The van der Waals surface area contributed by atoms with Gasteiger partial charge in [-0.3, -0.25) is 4.79 Å². The van der Waals surface area contributed by atoms with Gasteiger partial charge in [-0.05, 0) is 45.3 Å². The molecule has 0 saturated carbocycles. The Kier molecular flexibility index (Phi) is 11.3. The molecule has 1 fully saturated rings. The molecule has 1 heterocycles. The van der Waals surface area contributed by atoms with Crippen LogP contribution in [0.3, 0.4) is 0 Å². The number of hydrogen-bond acceptors (Lipinski definition) is 4. The Morgan fingerprint density at radius 1 is 1.24 bits per heavy atom. The van der Waals surface area contributed by atoms with Gasteiger partial charge in [0.15, 0.2) is 0 Å². The van der Waals surface area contributed by atoms with Crippen LogP contribution in [0, 0.1) is 12.8 Å². The van der Waals surface area contributed by atoms with Crippen LogP contribution in [0.5, 0.6) is 0 Å². The Labute approximate surface area is 163 Å². The van der Waals surface area contributed by atoms with Gasteiger partial charge in [0.05, 0.1) is 12.1 Å². The molecule has 0 aliphatic carbocycles. The number of carbonyl (C=O) groups excluding carboxylic acids is 1. The van der Waals surface area contributed by atoms with Crippen LogP contribution >= 0.6 is 24.8 Å². The highest BCUT2D eigenvalue weighted by atomic mass is 35.5. The number of benzene rings is 1. The van der Waals surface area contributed by atoms with Crippen LogP contribution in [0.25, 0.3) is 0 Å². The third-order valence-electron chi connectivity index (χ3n) is 4.63. The van der Waals surface area contributed by atoms with Gasteiger partial charge >= 0.3 is 0 Å². The minimum absolute atomic E-state index is 0. The Morgan fingerprint density at radius 2 is 1.80 bits per heavy atom. The number of ether oxygens (including phenoxy) is 1. The summed E-state index contributed by atoms with van der Waals surface area (Å²) in [6, 6.07) is 8.12. The van der Waals surface area contributed by atoms with E-state index in [9.17, 15) is 4.79 Å². The Balaban J connectivity index is 0.00000288. The Hall–Kier alpha value is -0.850. The molecular formula is C18H31Cl2N3O2. The van der Waals surface area contributed by atoms with Crippen LogP contribution in [0.15, 0.2) is 24.3 Å². The van der Waals surface area contributed by atoms with E-state index in [1.54, 1.807) is 0 Å². The lowest BCUT2D eigenvalue weighted by molar-refractivity contribution is -0.124. The summed E-state index contributed by atoms with van der Waals surface area (Å²) in [6.07, 6.45) is 1.73. The van der Waals surface area contributed by atoms with Gasteiger partial charge < -0.3 is 20.7 Å². The molecule has 1 aromatic carbocycles. The molecule has 1 aliphatic rings. The number of nitrogens with two attached hydrogens (primary N) is 1. The van der Waals surface area contributed by atoms with Gasteiger partial charge in [-0.15, -0.1) is 24.8 Å². The molecule has 0 spiro atoms. The number of nitrogens with one attached hydrogen (secondary N) is 1. The maximum Gasteiger partial charge on any atom is 0.237 e. The van der Waals surface area contributed by atoms with Crippen LogP contribution in [-0.4, -0.2) is 50.7 Å². The van der Waals surface area contributed by atoms with Crippen molar-refractivity contribution in [2.45, 2.75) is 31.8 Å². The van der Waals surface area contributed by atoms with Crippen molar-refractivity contribution in [1.29, 1.82) is 0 Å². The van der Waals surface area contributed by atoms with E-state index in [0.29, 0.717) is 19.8 Å². The van der Waals surface area contributed by atoms with Crippen molar-refractivity contribution in [1.82, 2.24) is 10.2 Å². The van der Waals surface area contributed by atoms with Gasteiger partial charge in [0.2, 0.25) is 5.91 Å². The molecule has 1 aromatic rings. The molecule has 0 bridgehead atoms. The molecule has 7 heteroatoms. The van der Waals surface area contributed by atoms with E-state index in [4.69, 9.17) is 10.5 Å². The van der Waals surface area contributed by atoms with Crippen LogP contribution in [-0.2, 0) is 9.53 Å². The number of aryl methyl sites for hydroxylation is 1. The van der Waals surface area contributed by atoms with Crippen molar-refractivity contribution in [2.24, 2.45) is 11.7 Å². The van der Waals surface area contributed by atoms with Crippen molar-refractivity contribution in [2.75, 3.05) is 33.9 Å². The smallest absolute Gasteiger partial charge is 0.237 e. The molecule has 2 atom stereocenters. The number of likely N-dealkylation sites (N-methyl/N-ethyl adjacent to an activating group) is 1. The van der Waals surface area contributed by atoms with Gasteiger partial charge in [-0.1, -0.05) is 29.8 Å². The monoisotopic (exact) mass is 391 g/mol. The fraction of sp³-hybridized carbons (Fsp3) is 0.611. The molecule has 0 aromatic heterocycles. The zero-order valence-electron chi connectivity index (χ0n) is 15.2. The van der Waals surface area contributed by atoms with E-state index < -0.39 is 6.04 Å². The Morgan fingerprint density at radius 3 is 2.32 bits per heavy atom. The van der Waals surface area contributed by atoms with Crippen molar-refractivity contribution in [3.63, 3.8) is 0 Å². The van der Waals surface area contributed by atoms with Crippen LogP contribution < -0.4 is 11.1 Å². The molecule has 2 rings (SSSR count). The first-order valence-electron chi connectivity index (χ1n) is 8.33. The van der Waals surface area contributed by atoms with Crippen LogP contribution in [0.4, 0.5) is 0 Å². The minimum Gasteiger partial charge on any atom is -0.381 e. The predicted molar refractivity (Wildman–Crippen MR) is 107 cm³/mol. The summed E-state index contributed by atoms with van der Waals surface area (Å²) in [7, 11) is 4.05. The normalized spacial score (nSPS) is 17.2. The second kappa shape index (κ2) is 11.7. The van der Waals surface area contributed by atoms with Crippen LogP contribution in [0.2, 0.25) is 0 Å². The Bertz CT molecular complexity index is 506. The summed E-state index contributed by atoms with van der Waals surface area (Å²) in [5, 5.41) is 3.03. The van der Waals surface area contributed by atoms with Gasteiger partial charge in [0, 0.05) is 19.8 Å². The number of carbonyl (C=O) groups is 1.